The number of tetrazole rings is 1. The van der Waals surface area contributed by atoms with Crippen molar-refractivity contribution in [1.82, 2.24) is 25.9 Å². The number of ether oxygens (including phenoxy) is 1. The molecule has 2 aromatic rings. The van der Waals surface area contributed by atoms with E-state index >= 15 is 0 Å². The topological polar surface area (TPSA) is 75.7 Å². The van der Waals surface area contributed by atoms with Crippen LogP contribution in [0, 0.1) is 0 Å². The van der Waals surface area contributed by atoms with E-state index < -0.39 is 0 Å². The molecule has 0 bridgehead atoms. The summed E-state index contributed by atoms with van der Waals surface area (Å²) in [5.74, 6) is 1.60. The van der Waals surface area contributed by atoms with Crippen LogP contribution in [0.15, 0.2) is 24.3 Å². The van der Waals surface area contributed by atoms with E-state index in [1.807, 2.05) is 12.1 Å². The van der Waals surface area contributed by atoms with Gasteiger partial charge in [-0.3, -0.25) is 0 Å². The highest BCUT2D eigenvalue weighted by Gasteiger charge is 2.27. The van der Waals surface area contributed by atoms with Gasteiger partial charge >= 0.3 is 0 Å². The summed E-state index contributed by atoms with van der Waals surface area (Å²) in [7, 11) is 1.67. The van der Waals surface area contributed by atoms with Crippen molar-refractivity contribution in [3.05, 3.63) is 35.7 Å². The first kappa shape index (κ1) is 12.1. The van der Waals surface area contributed by atoms with Crippen LogP contribution >= 0.6 is 0 Å². The van der Waals surface area contributed by atoms with Gasteiger partial charge in [-0.25, -0.2) is 0 Å². The lowest BCUT2D eigenvalue weighted by atomic mass is 10.1. The third-order valence-electron chi connectivity index (χ3n) is 3.29. The van der Waals surface area contributed by atoms with Gasteiger partial charge in [0.2, 0.25) is 0 Å². The predicted molar refractivity (Wildman–Crippen MR) is 69.8 cm³/mol. The Morgan fingerprint density at radius 2 is 2.16 bits per heavy atom. The number of aromatic amines is 1. The summed E-state index contributed by atoms with van der Waals surface area (Å²) < 4.78 is 5.17. The van der Waals surface area contributed by atoms with Crippen LogP contribution in [0.2, 0.25) is 0 Å². The molecule has 1 aromatic carbocycles. The lowest BCUT2D eigenvalue weighted by molar-refractivity contribution is 0.414. The van der Waals surface area contributed by atoms with Crippen LogP contribution in [0.3, 0.4) is 0 Å². The zero-order chi connectivity index (χ0) is 13.1. The molecule has 0 aliphatic heterocycles. The monoisotopic (exact) mass is 259 g/mol. The summed E-state index contributed by atoms with van der Waals surface area (Å²) in [6.07, 6.45) is 3.31. The van der Waals surface area contributed by atoms with Crippen molar-refractivity contribution in [2.45, 2.75) is 31.3 Å². The van der Waals surface area contributed by atoms with Gasteiger partial charge in [0.15, 0.2) is 5.82 Å². The molecule has 1 heterocycles. The third-order valence-corrected chi connectivity index (χ3v) is 3.29. The predicted octanol–water partition coefficient (Wildman–Crippen LogP) is 1.24. The zero-order valence-electron chi connectivity index (χ0n) is 10.8. The summed E-state index contributed by atoms with van der Waals surface area (Å²) >= 11 is 0. The number of methoxy groups -OCH3 is 1. The molecule has 6 nitrogen and oxygen atoms in total. The maximum atomic E-state index is 5.17. The standard InChI is InChI=1S/C13H17N5O/c1-19-11-6-2-9(3-7-11)8-12(14-10-4-5-10)13-15-17-18-16-13/h2-3,6-7,10,12,14H,4-5,8H2,1H3,(H,15,16,17,18). The molecule has 1 aromatic heterocycles. The van der Waals surface area contributed by atoms with Crippen LogP contribution in [0.25, 0.3) is 0 Å². The molecule has 3 rings (SSSR count). The van der Waals surface area contributed by atoms with Crippen molar-refractivity contribution in [2.75, 3.05) is 7.11 Å². The minimum atomic E-state index is 0.111. The van der Waals surface area contributed by atoms with Gasteiger partial charge in [0, 0.05) is 6.04 Å². The van der Waals surface area contributed by atoms with Crippen LogP contribution in [-0.4, -0.2) is 33.8 Å². The smallest absolute Gasteiger partial charge is 0.191 e. The molecule has 2 N–H and O–H groups in total. The van der Waals surface area contributed by atoms with Crippen LogP contribution in [0.4, 0.5) is 0 Å². The van der Waals surface area contributed by atoms with E-state index in [0.717, 1.165) is 18.0 Å². The molecule has 0 saturated heterocycles. The van der Waals surface area contributed by atoms with Crippen LogP contribution in [0.5, 0.6) is 5.75 Å². The number of rotatable bonds is 6. The molecular weight excluding hydrogens is 242 g/mol. The highest BCUT2D eigenvalue weighted by Crippen LogP contribution is 2.25. The van der Waals surface area contributed by atoms with Crippen molar-refractivity contribution >= 4 is 0 Å². The fourth-order valence-electron chi connectivity index (χ4n) is 2.07. The van der Waals surface area contributed by atoms with E-state index in [4.69, 9.17) is 4.74 Å². The molecule has 1 aliphatic carbocycles. The normalized spacial score (nSPS) is 16.3. The molecule has 0 radical (unpaired) electrons. The van der Waals surface area contributed by atoms with E-state index in [2.05, 4.69) is 38.1 Å². The van der Waals surface area contributed by atoms with E-state index in [1.165, 1.54) is 18.4 Å². The molecule has 1 fully saturated rings. The number of nitrogens with zero attached hydrogens (tertiary/aromatic N) is 3. The second-order valence-corrected chi connectivity index (χ2v) is 4.82. The highest BCUT2D eigenvalue weighted by molar-refractivity contribution is 5.28. The summed E-state index contributed by atoms with van der Waals surface area (Å²) in [6.45, 7) is 0. The first-order chi connectivity index (χ1) is 9.35. The van der Waals surface area contributed by atoms with Crippen molar-refractivity contribution in [2.24, 2.45) is 0 Å². The Labute approximate surface area is 111 Å². The molecule has 0 spiro atoms. The first-order valence-electron chi connectivity index (χ1n) is 6.47. The number of hydrogen-bond acceptors (Lipinski definition) is 5. The Hall–Kier alpha value is -1.95. The Balaban J connectivity index is 1.72. The van der Waals surface area contributed by atoms with E-state index in [1.54, 1.807) is 7.11 Å². The lowest BCUT2D eigenvalue weighted by Gasteiger charge is -2.15. The van der Waals surface area contributed by atoms with Gasteiger partial charge in [0.05, 0.1) is 13.2 Å². The number of H-pyrrole nitrogens is 1. The Morgan fingerprint density at radius 1 is 1.37 bits per heavy atom. The summed E-state index contributed by atoms with van der Waals surface area (Å²) in [4.78, 5) is 0. The second-order valence-electron chi connectivity index (χ2n) is 4.82. The SMILES string of the molecule is COc1ccc(CC(NC2CC2)c2nn[nH]n2)cc1. The molecule has 0 amide bonds. The fraction of sp³-hybridized carbons (Fsp3) is 0.462. The quantitative estimate of drug-likeness (QED) is 0.816. The van der Waals surface area contributed by atoms with E-state index in [-0.39, 0.29) is 6.04 Å². The van der Waals surface area contributed by atoms with E-state index in [9.17, 15) is 0 Å². The summed E-state index contributed by atoms with van der Waals surface area (Å²) in [6, 6.07) is 8.79. The maximum Gasteiger partial charge on any atom is 0.191 e. The number of nitrogens with one attached hydrogen (secondary N) is 2. The summed E-state index contributed by atoms with van der Waals surface area (Å²) in [5, 5.41) is 17.9. The Morgan fingerprint density at radius 3 is 2.74 bits per heavy atom. The molecule has 1 unspecified atom stereocenters. The number of hydrogen-bond donors (Lipinski definition) is 2. The molecule has 100 valence electrons. The van der Waals surface area contributed by atoms with Crippen molar-refractivity contribution in [3.8, 4) is 5.75 Å². The van der Waals surface area contributed by atoms with Crippen LogP contribution < -0.4 is 10.1 Å². The van der Waals surface area contributed by atoms with Gasteiger partial charge in [-0.2, -0.15) is 5.21 Å². The minimum Gasteiger partial charge on any atom is -0.497 e. The average Bonchev–Trinajstić information content (AvgIpc) is 3.09. The second kappa shape index (κ2) is 5.36. The lowest BCUT2D eigenvalue weighted by Crippen LogP contribution is -2.26. The fourth-order valence-corrected chi connectivity index (χ4v) is 2.07. The Bertz CT molecular complexity index is 506. The highest BCUT2D eigenvalue weighted by atomic mass is 16.5. The molecule has 1 aliphatic rings. The molecular formula is C13H17N5O. The van der Waals surface area contributed by atoms with Crippen LogP contribution in [0.1, 0.15) is 30.3 Å². The van der Waals surface area contributed by atoms with Gasteiger partial charge < -0.3 is 10.1 Å². The zero-order valence-corrected chi connectivity index (χ0v) is 10.8. The van der Waals surface area contributed by atoms with Crippen molar-refractivity contribution in [3.63, 3.8) is 0 Å². The van der Waals surface area contributed by atoms with Gasteiger partial charge in [-0.1, -0.05) is 17.3 Å². The molecule has 1 saturated carbocycles. The molecule has 6 heteroatoms. The third kappa shape index (κ3) is 3.08. The first-order valence-corrected chi connectivity index (χ1v) is 6.47. The van der Waals surface area contributed by atoms with Gasteiger partial charge in [0.1, 0.15) is 5.75 Å². The van der Waals surface area contributed by atoms with Gasteiger partial charge in [0.25, 0.3) is 0 Å². The maximum absolute atomic E-state index is 5.17. The largest absolute Gasteiger partial charge is 0.497 e. The van der Waals surface area contributed by atoms with Gasteiger partial charge in [-0.15, -0.1) is 10.2 Å². The Kier molecular flexibility index (Phi) is 3.41. The van der Waals surface area contributed by atoms with Crippen molar-refractivity contribution in [1.29, 1.82) is 0 Å². The molecule has 1 atom stereocenters. The van der Waals surface area contributed by atoms with Crippen LogP contribution in [-0.2, 0) is 6.42 Å². The minimum absolute atomic E-state index is 0.111. The summed E-state index contributed by atoms with van der Waals surface area (Å²) in [5.41, 5.74) is 1.23. The average molecular weight is 259 g/mol. The van der Waals surface area contributed by atoms with Crippen molar-refractivity contribution < 1.29 is 4.74 Å². The van der Waals surface area contributed by atoms with Gasteiger partial charge in [-0.05, 0) is 37.0 Å². The number of aromatic nitrogens is 4. The van der Waals surface area contributed by atoms with E-state index in [0.29, 0.717) is 6.04 Å². The number of benzene rings is 1. The molecule has 19 heavy (non-hydrogen) atoms.